The van der Waals surface area contributed by atoms with Crippen LogP contribution in [0.1, 0.15) is 64.2 Å². The average molecular weight is 211 g/mol. The van der Waals surface area contributed by atoms with Gasteiger partial charge in [-0.3, -0.25) is 0 Å². The second kappa shape index (κ2) is 5.31. The Balaban J connectivity index is 1.82. The Hall–Kier alpha value is 0.177. The standard InChI is InChI=1S/C12H25NSi/c13-14(11-7-3-1-4-8-11)12-9-5-2-6-10-12/h11-12,14H,1-10,13H2. The predicted molar refractivity (Wildman–Crippen MR) is 65.0 cm³/mol. The van der Waals surface area contributed by atoms with Gasteiger partial charge in [0.1, 0.15) is 8.96 Å². The number of rotatable bonds is 2. The Morgan fingerprint density at radius 3 is 1.36 bits per heavy atom. The number of hydrogen-bond donors (Lipinski definition) is 1. The van der Waals surface area contributed by atoms with Crippen molar-refractivity contribution >= 4 is 8.96 Å². The molecule has 0 aromatic heterocycles. The molecule has 0 amide bonds. The predicted octanol–water partition coefficient (Wildman–Crippen LogP) is 3.34. The second-order valence-corrected chi connectivity index (χ2v) is 8.41. The van der Waals surface area contributed by atoms with Crippen molar-refractivity contribution in [2.75, 3.05) is 0 Å². The minimum absolute atomic E-state index is 0.865. The van der Waals surface area contributed by atoms with Gasteiger partial charge >= 0.3 is 0 Å². The van der Waals surface area contributed by atoms with E-state index in [2.05, 4.69) is 0 Å². The average Bonchev–Trinajstić information content (AvgIpc) is 2.30. The second-order valence-electron chi connectivity index (χ2n) is 5.37. The van der Waals surface area contributed by atoms with Gasteiger partial charge in [0.05, 0.1) is 0 Å². The fourth-order valence-electron chi connectivity index (χ4n) is 3.42. The highest BCUT2D eigenvalue weighted by Gasteiger charge is 2.29. The van der Waals surface area contributed by atoms with Crippen molar-refractivity contribution in [3.63, 3.8) is 0 Å². The zero-order valence-corrected chi connectivity index (χ0v) is 10.5. The molecule has 0 bridgehead atoms. The van der Waals surface area contributed by atoms with Gasteiger partial charge in [0.2, 0.25) is 0 Å². The van der Waals surface area contributed by atoms with E-state index in [1.165, 1.54) is 64.2 Å². The fourth-order valence-corrected chi connectivity index (χ4v) is 6.68. The molecule has 0 aliphatic heterocycles. The largest absolute Gasteiger partial charge is 0.353 e. The van der Waals surface area contributed by atoms with Crippen molar-refractivity contribution in [2.45, 2.75) is 75.3 Å². The highest BCUT2D eigenvalue weighted by Crippen LogP contribution is 2.39. The fraction of sp³-hybridized carbons (Fsp3) is 1.00. The van der Waals surface area contributed by atoms with E-state index in [4.69, 9.17) is 5.40 Å². The van der Waals surface area contributed by atoms with Crippen LogP contribution in [-0.2, 0) is 0 Å². The molecular formula is C12H25NSi. The summed E-state index contributed by atoms with van der Waals surface area (Å²) in [5.41, 5.74) is 2.01. The first-order valence-corrected chi connectivity index (χ1v) is 8.63. The van der Waals surface area contributed by atoms with Crippen molar-refractivity contribution in [1.29, 1.82) is 0 Å². The third kappa shape index (κ3) is 2.60. The van der Waals surface area contributed by atoms with Crippen molar-refractivity contribution < 1.29 is 0 Å². The van der Waals surface area contributed by atoms with Gasteiger partial charge in [-0.15, -0.1) is 0 Å². The summed E-state index contributed by atoms with van der Waals surface area (Å²) in [5, 5.41) is 6.56. The zero-order chi connectivity index (χ0) is 9.80. The molecule has 2 heteroatoms. The molecule has 0 aromatic rings. The summed E-state index contributed by atoms with van der Waals surface area (Å²) in [5.74, 6) is 0. The van der Waals surface area contributed by atoms with Gasteiger partial charge in [0.15, 0.2) is 0 Å². The normalized spacial score (nSPS) is 27.0. The van der Waals surface area contributed by atoms with Crippen molar-refractivity contribution in [3.05, 3.63) is 0 Å². The summed E-state index contributed by atoms with van der Waals surface area (Å²) in [7, 11) is -0.865. The lowest BCUT2D eigenvalue weighted by Gasteiger charge is -2.33. The van der Waals surface area contributed by atoms with Crippen molar-refractivity contribution in [1.82, 2.24) is 0 Å². The highest BCUT2D eigenvalue weighted by atomic mass is 28.3. The Labute approximate surface area is 90.1 Å². The molecule has 14 heavy (non-hydrogen) atoms. The molecule has 2 rings (SSSR count). The molecule has 0 spiro atoms. The van der Waals surface area contributed by atoms with Gasteiger partial charge in [-0.05, 0) is 11.1 Å². The number of hydrogen-bond acceptors (Lipinski definition) is 1. The molecule has 0 radical (unpaired) electrons. The molecule has 1 nitrogen and oxygen atoms in total. The summed E-state index contributed by atoms with van der Waals surface area (Å²) in [4.78, 5) is 0. The molecule has 2 aliphatic carbocycles. The van der Waals surface area contributed by atoms with E-state index in [0.29, 0.717) is 0 Å². The Bertz CT molecular complexity index is 142. The highest BCUT2D eigenvalue weighted by molar-refractivity contribution is 6.58. The van der Waals surface area contributed by atoms with Crippen molar-refractivity contribution in [2.24, 2.45) is 5.40 Å². The van der Waals surface area contributed by atoms with E-state index >= 15 is 0 Å². The topological polar surface area (TPSA) is 26.0 Å². The Kier molecular flexibility index (Phi) is 4.06. The summed E-state index contributed by atoms with van der Waals surface area (Å²) in [6.07, 6.45) is 14.7. The van der Waals surface area contributed by atoms with Gasteiger partial charge in [-0.2, -0.15) is 0 Å². The van der Waals surface area contributed by atoms with Gasteiger partial charge in [0.25, 0.3) is 0 Å². The zero-order valence-electron chi connectivity index (χ0n) is 9.38. The first-order valence-electron chi connectivity index (χ1n) is 6.63. The molecule has 0 heterocycles. The third-order valence-electron chi connectivity index (χ3n) is 4.39. The van der Waals surface area contributed by atoms with Crippen LogP contribution >= 0.6 is 0 Å². The summed E-state index contributed by atoms with van der Waals surface area (Å²) >= 11 is 0. The van der Waals surface area contributed by atoms with Crippen molar-refractivity contribution in [3.8, 4) is 0 Å². The van der Waals surface area contributed by atoms with E-state index in [-0.39, 0.29) is 0 Å². The molecule has 0 aromatic carbocycles. The lowest BCUT2D eigenvalue weighted by molar-refractivity contribution is 0.461. The summed E-state index contributed by atoms with van der Waals surface area (Å²) in [6, 6.07) is 0. The number of nitrogens with two attached hydrogens (primary N) is 1. The van der Waals surface area contributed by atoms with Gasteiger partial charge in [-0.1, -0.05) is 64.2 Å². The van der Waals surface area contributed by atoms with Gasteiger partial charge in [0, 0.05) is 0 Å². The van der Waals surface area contributed by atoms with Gasteiger partial charge < -0.3 is 5.40 Å². The minimum Gasteiger partial charge on any atom is -0.353 e. The monoisotopic (exact) mass is 211 g/mol. The van der Waals surface area contributed by atoms with E-state index in [1.807, 2.05) is 0 Å². The van der Waals surface area contributed by atoms with Gasteiger partial charge in [-0.25, -0.2) is 0 Å². The Morgan fingerprint density at radius 2 is 1.00 bits per heavy atom. The van der Waals surface area contributed by atoms with Crippen LogP contribution in [0.3, 0.4) is 0 Å². The first kappa shape index (κ1) is 10.7. The van der Waals surface area contributed by atoms with Crippen LogP contribution in [-0.4, -0.2) is 8.96 Å². The Morgan fingerprint density at radius 1 is 0.643 bits per heavy atom. The van der Waals surface area contributed by atoms with Crippen LogP contribution in [0.2, 0.25) is 11.1 Å². The molecule has 2 fully saturated rings. The molecule has 82 valence electrons. The molecule has 0 atom stereocenters. The van der Waals surface area contributed by atoms with Crippen LogP contribution in [0.4, 0.5) is 0 Å². The lowest BCUT2D eigenvalue weighted by Crippen LogP contribution is -2.38. The molecule has 0 saturated heterocycles. The maximum Gasteiger partial charge on any atom is 0.112 e. The van der Waals surface area contributed by atoms with Crippen LogP contribution in [0, 0.1) is 0 Å². The van der Waals surface area contributed by atoms with E-state index in [1.54, 1.807) is 0 Å². The molecule has 2 aliphatic rings. The van der Waals surface area contributed by atoms with Crippen LogP contribution in [0.25, 0.3) is 0 Å². The molecular weight excluding hydrogens is 186 g/mol. The summed E-state index contributed by atoms with van der Waals surface area (Å²) < 4.78 is 0. The minimum atomic E-state index is -0.865. The third-order valence-corrected chi connectivity index (χ3v) is 7.90. The van der Waals surface area contributed by atoms with Crippen LogP contribution < -0.4 is 5.40 Å². The molecule has 2 saturated carbocycles. The van der Waals surface area contributed by atoms with Crippen LogP contribution in [0.5, 0.6) is 0 Å². The van der Waals surface area contributed by atoms with E-state index < -0.39 is 8.96 Å². The maximum atomic E-state index is 6.56. The quantitative estimate of drug-likeness (QED) is 0.697. The van der Waals surface area contributed by atoms with E-state index in [9.17, 15) is 0 Å². The SMILES string of the molecule is N[SiH](C1CCCCC1)C1CCCCC1. The van der Waals surface area contributed by atoms with Crippen LogP contribution in [0.15, 0.2) is 0 Å². The maximum absolute atomic E-state index is 6.56. The lowest BCUT2D eigenvalue weighted by atomic mass is 9.99. The summed E-state index contributed by atoms with van der Waals surface area (Å²) in [6.45, 7) is 0. The molecule has 0 unspecified atom stereocenters. The smallest absolute Gasteiger partial charge is 0.112 e. The first-order chi connectivity index (χ1) is 6.88. The molecule has 2 N–H and O–H groups in total. The van der Waals surface area contributed by atoms with E-state index in [0.717, 1.165) is 11.1 Å².